The van der Waals surface area contributed by atoms with E-state index >= 15 is 0 Å². The van der Waals surface area contributed by atoms with Crippen molar-refractivity contribution in [3.05, 3.63) is 34.9 Å². The van der Waals surface area contributed by atoms with Crippen LogP contribution < -0.4 is 0 Å². The summed E-state index contributed by atoms with van der Waals surface area (Å²) in [7, 11) is 0. The van der Waals surface area contributed by atoms with Crippen LogP contribution in [0.25, 0.3) is 0 Å². The van der Waals surface area contributed by atoms with Gasteiger partial charge in [-0.1, -0.05) is 20.3 Å². The fourth-order valence-electron chi connectivity index (χ4n) is 1.36. The first-order valence-corrected chi connectivity index (χ1v) is 4.65. The van der Waals surface area contributed by atoms with Gasteiger partial charge in [0.2, 0.25) is 0 Å². The van der Waals surface area contributed by atoms with Gasteiger partial charge in [-0.3, -0.25) is 0 Å². The molecule has 1 rings (SSSR count). The molecule has 0 atom stereocenters. The molecule has 0 spiro atoms. The van der Waals surface area contributed by atoms with Crippen molar-refractivity contribution >= 4 is 0 Å². The van der Waals surface area contributed by atoms with Gasteiger partial charge in [0.25, 0.3) is 0 Å². The highest BCUT2D eigenvalue weighted by Crippen LogP contribution is 2.16. The number of rotatable bonds is 3. The van der Waals surface area contributed by atoms with Crippen LogP contribution in [0.5, 0.6) is 0 Å². The highest BCUT2D eigenvalue weighted by molar-refractivity contribution is 5.26. The molecule has 2 heteroatoms. The van der Waals surface area contributed by atoms with E-state index in [-0.39, 0.29) is 11.6 Å². The first kappa shape index (κ1) is 10.2. The molecule has 1 aromatic carbocycles. The number of benzene rings is 1. The van der Waals surface area contributed by atoms with E-state index in [9.17, 15) is 8.78 Å². The molecular weight excluding hydrogens is 170 g/mol. The highest BCUT2D eigenvalue weighted by Gasteiger charge is 2.07. The molecule has 0 saturated carbocycles. The van der Waals surface area contributed by atoms with Crippen LogP contribution in [0.4, 0.5) is 8.78 Å². The smallest absolute Gasteiger partial charge is 0.126 e. The Balaban J connectivity index is 3.05. The lowest BCUT2D eigenvalue weighted by Gasteiger charge is -2.05. The predicted molar refractivity (Wildman–Crippen MR) is 49.7 cm³/mol. The minimum Gasteiger partial charge on any atom is -0.207 e. The third-order valence-corrected chi connectivity index (χ3v) is 2.12. The van der Waals surface area contributed by atoms with Crippen molar-refractivity contribution < 1.29 is 8.78 Å². The van der Waals surface area contributed by atoms with Gasteiger partial charge < -0.3 is 0 Å². The molecule has 0 heterocycles. The van der Waals surface area contributed by atoms with E-state index in [1.165, 1.54) is 12.1 Å². The van der Waals surface area contributed by atoms with Gasteiger partial charge in [0.05, 0.1) is 0 Å². The van der Waals surface area contributed by atoms with Crippen molar-refractivity contribution in [2.24, 2.45) is 0 Å². The van der Waals surface area contributed by atoms with Crippen molar-refractivity contribution in [2.45, 2.75) is 33.1 Å². The maximum atomic E-state index is 13.2. The Morgan fingerprint density at radius 3 is 2.08 bits per heavy atom. The van der Waals surface area contributed by atoms with Crippen LogP contribution in [0.2, 0.25) is 0 Å². The zero-order chi connectivity index (χ0) is 9.84. The van der Waals surface area contributed by atoms with Gasteiger partial charge in [0.1, 0.15) is 11.6 Å². The first-order chi connectivity index (χ1) is 6.19. The minimum atomic E-state index is -0.285. The molecule has 0 fully saturated rings. The van der Waals surface area contributed by atoms with Gasteiger partial charge in [0, 0.05) is 0 Å². The lowest BCUT2D eigenvalue weighted by atomic mass is 10.0. The second-order valence-corrected chi connectivity index (χ2v) is 3.14. The van der Waals surface area contributed by atoms with Gasteiger partial charge in [-0.2, -0.15) is 0 Å². The van der Waals surface area contributed by atoms with Crippen LogP contribution >= 0.6 is 0 Å². The fourth-order valence-corrected chi connectivity index (χ4v) is 1.36. The largest absolute Gasteiger partial charge is 0.207 e. The van der Waals surface area contributed by atoms with Crippen molar-refractivity contribution in [1.82, 2.24) is 0 Å². The van der Waals surface area contributed by atoms with Gasteiger partial charge in [-0.25, -0.2) is 8.78 Å². The molecule has 0 bridgehead atoms. The number of aryl methyl sites for hydroxylation is 2. The SMILES string of the molecule is CCCc1cc(F)c(CC)cc1F. The summed E-state index contributed by atoms with van der Waals surface area (Å²) in [5.41, 5.74) is 0.939. The topological polar surface area (TPSA) is 0 Å². The van der Waals surface area contributed by atoms with E-state index in [1.807, 2.05) is 13.8 Å². The molecule has 0 amide bonds. The van der Waals surface area contributed by atoms with Crippen molar-refractivity contribution in [3.63, 3.8) is 0 Å². The standard InChI is InChI=1S/C11H14F2/c1-3-5-9-7-10(12)8(4-2)6-11(9)13/h6-7H,3-5H2,1-2H3. The van der Waals surface area contributed by atoms with Crippen molar-refractivity contribution in [3.8, 4) is 0 Å². The summed E-state index contributed by atoms with van der Waals surface area (Å²) in [4.78, 5) is 0. The second-order valence-electron chi connectivity index (χ2n) is 3.14. The van der Waals surface area contributed by atoms with E-state index in [0.717, 1.165) is 6.42 Å². The Hall–Kier alpha value is -0.920. The monoisotopic (exact) mass is 184 g/mol. The summed E-state index contributed by atoms with van der Waals surface area (Å²) in [5.74, 6) is -0.563. The van der Waals surface area contributed by atoms with E-state index in [2.05, 4.69) is 0 Å². The molecule has 0 nitrogen and oxygen atoms in total. The zero-order valence-corrected chi connectivity index (χ0v) is 8.03. The zero-order valence-electron chi connectivity index (χ0n) is 8.03. The molecule has 0 aromatic heterocycles. The molecule has 0 N–H and O–H groups in total. The van der Waals surface area contributed by atoms with Gasteiger partial charge >= 0.3 is 0 Å². The van der Waals surface area contributed by atoms with Crippen molar-refractivity contribution in [2.75, 3.05) is 0 Å². The summed E-state index contributed by atoms with van der Waals surface area (Å²) < 4.78 is 26.4. The van der Waals surface area contributed by atoms with Crippen LogP contribution in [0.15, 0.2) is 12.1 Å². The van der Waals surface area contributed by atoms with Gasteiger partial charge in [0.15, 0.2) is 0 Å². The molecule has 0 unspecified atom stereocenters. The summed E-state index contributed by atoms with van der Waals surface area (Å²) in [6.07, 6.45) is 1.98. The second kappa shape index (κ2) is 4.35. The van der Waals surface area contributed by atoms with Crippen molar-refractivity contribution in [1.29, 1.82) is 0 Å². The molecule has 13 heavy (non-hydrogen) atoms. The lowest BCUT2D eigenvalue weighted by molar-refractivity contribution is 0.572. The first-order valence-electron chi connectivity index (χ1n) is 4.65. The summed E-state index contributed by atoms with van der Waals surface area (Å²) in [6, 6.07) is 2.62. The van der Waals surface area contributed by atoms with Crippen LogP contribution in [-0.4, -0.2) is 0 Å². The average molecular weight is 184 g/mol. The van der Waals surface area contributed by atoms with Crippen LogP contribution in [0.1, 0.15) is 31.4 Å². The summed E-state index contributed by atoms with van der Waals surface area (Å²) in [6.45, 7) is 3.77. The highest BCUT2D eigenvalue weighted by atomic mass is 19.1. The molecule has 72 valence electrons. The van der Waals surface area contributed by atoms with E-state index in [4.69, 9.17) is 0 Å². The molecular formula is C11H14F2. The third kappa shape index (κ3) is 2.27. The maximum absolute atomic E-state index is 13.2. The normalized spacial score (nSPS) is 10.5. The minimum absolute atomic E-state index is 0.278. The molecule has 0 aliphatic heterocycles. The predicted octanol–water partition coefficient (Wildman–Crippen LogP) is 3.48. The quantitative estimate of drug-likeness (QED) is 0.674. The Bertz CT molecular complexity index is 292. The van der Waals surface area contributed by atoms with Gasteiger partial charge in [-0.15, -0.1) is 0 Å². The Kier molecular flexibility index (Phi) is 3.40. The number of hydrogen-bond donors (Lipinski definition) is 0. The molecule has 0 aliphatic carbocycles. The van der Waals surface area contributed by atoms with Crippen LogP contribution in [0, 0.1) is 11.6 Å². The Morgan fingerprint density at radius 1 is 1.00 bits per heavy atom. The molecule has 0 aliphatic rings. The lowest BCUT2D eigenvalue weighted by Crippen LogP contribution is -1.96. The number of halogens is 2. The summed E-state index contributed by atoms with van der Waals surface area (Å²) in [5, 5.41) is 0. The fraction of sp³-hybridized carbons (Fsp3) is 0.455. The summed E-state index contributed by atoms with van der Waals surface area (Å²) >= 11 is 0. The molecule has 1 aromatic rings. The average Bonchev–Trinajstić information content (AvgIpc) is 2.11. The molecule has 0 saturated heterocycles. The number of hydrogen-bond acceptors (Lipinski definition) is 0. The molecule has 0 radical (unpaired) electrons. The maximum Gasteiger partial charge on any atom is 0.126 e. The Labute approximate surface area is 77.6 Å². The van der Waals surface area contributed by atoms with E-state index < -0.39 is 0 Å². The van der Waals surface area contributed by atoms with E-state index in [1.54, 1.807) is 0 Å². The van der Waals surface area contributed by atoms with Crippen LogP contribution in [0.3, 0.4) is 0 Å². The van der Waals surface area contributed by atoms with Gasteiger partial charge in [-0.05, 0) is 36.1 Å². The van der Waals surface area contributed by atoms with Crippen LogP contribution in [-0.2, 0) is 12.8 Å². The Morgan fingerprint density at radius 2 is 1.54 bits per heavy atom. The van der Waals surface area contributed by atoms with E-state index in [0.29, 0.717) is 24.0 Å². The third-order valence-electron chi connectivity index (χ3n) is 2.12.